The highest BCUT2D eigenvalue weighted by atomic mass is 35.5. The average molecular weight is 393 g/mol. The van der Waals surface area contributed by atoms with Gasteiger partial charge < -0.3 is 24.6 Å². The Labute approximate surface area is 166 Å². The second kappa shape index (κ2) is 11.0. The molecule has 0 aliphatic heterocycles. The maximum atomic E-state index is 10.2. The predicted octanol–water partition coefficient (Wildman–Crippen LogP) is 2.65. The molecule has 148 valence electrons. The Morgan fingerprint density at radius 2 is 2.11 bits per heavy atom. The number of nitrogens with one attached hydrogen (secondary N) is 1. The second-order valence-corrected chi connectivity index (χ2v) is 6.90. The van der Waals surface area contributed by atoms with Crippen LogP contribution in [0.2, 0.25) is 5.02 Å². The number of ether oxygens (including phenoxy) is 1. The average Bonchev–Trinajstić information content (AvgIpc) is 2.96. The summed E-state index contributed by atoms with van der Waals surface area (Å²) in [5, 5.41) is 14.1. The molecule has 1 atom stereocenters. The summed E-state index contributed by atoms with van der Waals surface area (Å²) in [6.45, 7) is 4.43. The third-order valence-electron chi connectivity index (χ3n) is 4.04. The topological polar surface area (TPSA) is 62.0 Å². The monoisotopic (exact) mass is 392 g/mol. The molecule has 1 aromatic carbocycles. The van der Waals surface area contributed by atoms with Crippen LogP contribution in [0.25, 0.3) is 0 Å². The first-order valence-corrected chi connectivity index (χ1v) is 9.47. The van der Waals surface area contributed by atoms with Gasteiger partial charge in [-0.3, -0.25) is 4.99 Å². The number of aryl methyl sites for hydroxylation is 1. The summed E-state index contributed by atoms with van der Waals surface area (Å²) in [6, 6.07) is 11.8. The van der Waals surface area contributed by atoms with Gasteiger partial charge >= 0.3 is 0 Å². The first kappa shape index (κ1) is 21.3. The Morgan fingerprint density at radius 1 is 1.37 bits per heavy atom. The van der Waals surface area contributed by atoms with Crippen LogP contribution >= 0.6 is 11.6 Å². The molecule has 0 fully saturated rings. The fourth-order valence-electron chi connectivity index (χ4n) is 2.64. The van der Waals surface area contributed by atoms with E-state index < -0.39 is 6.10 Å². The molecular weight excluding hydrogens is 364 g/mol. The van der Waals surface area contributed by atoms with Crippen molar-refractivity contribution in [2.45, 2.75) is 26.2 Å². The molecule has 0 spiro atoms. The molecule has 0 aliphatic rings. The smallest absolute Gasteiger partial charge is 0.194 e. The van der Waals surface area contributed by atoms with Gasteiger partial charge in [-0.15, -0.1) is 0 Å². The number of hydrogen-bond acceptors (Lipinski definition) is 3. The van der Waals surface area contributed by atoms with Crippen LogP contribution < -0.4 is 5.32 Å². The van der Waals surface area contributed by atoms with E-state index in [2.05, 4.69) is 10.3 Å². The van der Waals surface area contributed by atoms with Gasteiger partial charge in [-0.25, -0.2) is 0 Å². The maximum Gasteiger partial charge on any atom is 0.194 e. The Hall–Kier alpha value is -2.02. The Balaban J connectivity index is 1.84. The zero-order valence-corrected chi connectivity index (χ0v) is 17.0. The van der Waals surface area contributed by atoms with Gasteiger partial charge in [0.15, 0.2) is 5.96 Å². The Kier molecular flexibility index (Phi) is 8.64. The number of aliphatic hydroxyl groups excluding tert-OH is 1. The van der Waals surface area contributed by atoms with E-state index in [4.69, 9.17) is 16.3 Å². The number of halogens is 1. The summed E-state index contributed by atoms with van der Waals surface area (Å²) < 4.78 is 7.57. The number of rotatable bonds is 9. The predicted molar refractivity (Wildman–Crippen MR) is 110 cm³/mol. The quantitative estimate of drug-likeness (QED) is 0.508. The molecule has 6 nitrogen and oxygen atoms in total. The van der Waals surface area contributed by atoms with Gasteiger partial charge in [-0.05, 0) is 18.6 Å². The molecule has 2 rings (SSSR count). The number of aliphatic hydroxyl groups is 1. The molecular formula is C20H29ClN4O2. The molecule has 0 radical (unpaired) electrons. The lowest BCUT2D eigenvalue weighted by Crippen LogP contribution is -2.39. The largest absolute Gasteiger partial charge is 0.389 e. The molecule has 0 amide bonds. The minimum absolute atomic E-state index is 0.245. The number of benzene rings is 1. The number of hydrogen-bond donors (Lipinski definition) is 2. The van der Waals surface area contributed by atoms with Gasteiger partial charge in [0.05, 0.1) is 37.4 Å². The van der Waals surface area contributed by atoms with E-state index in [1.165, 1.54) is 0 Å². The number of guanidine groups is 1. The first-order chi connectivity index (χ1) is 13.0. The fraction of sp³-hybridized carbons (Fsp3) is 0.450. The van der Waals surface area contributed by atoms with E-state index in [0.29, 0.717) is 18.2 Å². The summed E-state index contributed by atoms with van der Waals surface area (Å²) in [4.78, 5) is 6.54. The molecule has 1 aromatic heterocycles. The van der Waals surface area contributed by atoms with Gasteiger partial charge in [0.1, 0.15) is 0 Å². The summed E-state index contributed by atoms with van der Waals surface area (Å²) in [7, 11) is 3.92. The van der Waals surface area contributed by atoms with E-state index in [1.807, 2.05) is 73.1 Å². The van der Waals surface area contributed by atoms with Crippen LogP contribution in [0.1, 0.15) is 18.2 Å². The summed E-state index contributed by atoms with van der Waals surface area (Å²) in [5.41, 5.74) is 2.17. The van der Waals surface area contributed by atoms with Gasteiger partial charge in [0.2, 0.25) is 0 Å². The van der Waals surface area contributed by atoms with Crippen molar-refractivity contribution in [3.05, 3.63) is 58.9 Å². The van der Waals surface area contributed by atoms with Gasteiger partial charge in [-0.1, -0.05) is 41.9 Å². The molecule has 0 aliphatic carbocycles. The Bertz CT molecular complexity index is 718. The molecule has 2 aromatic rings. The molecule has 0 bridgehead atoms. The number of aromatic nitrogens is 1. The molecule has 27 heavy (non-hydrogen) atoms. The van der Waals surface area contributed by atoms with Crippen LogP contribution in [0.15, 0.2) is 47.6 Å². The van der Waals surface area contributed by atoms with Crippen molar-refractivity contribution in [2.75, 3.05) is 26.7 Å². The van der Waals surface area contributed by atoms with E-state index in [9.17, 15) is 5.11 Å². The van der Waals surface area contributed by atoms with Crippen LogP contribution in [0, 0.1) is 0 Å². The van der Waals surface area contributed by atoms with Crippen molar-refractivity contribution in [3.63, 3.8) is 0 Å². The van der Waals surface area contributed by atoms with E-state index >= 15 is 0 Å². The normalized spacial score (nSPS) is 12.9. The van der Waals surface area contributed by atoms with Crippen molar-refractivity contribution in [2.24, 2.45) is 12.0 Å². The van der Waals surface area contributed by atoms with Gasteiger partial charge in [-0.2, -0.15) is 0 Å². The highest BCUT2D eigenvalue weighted by Crippen LogP contribution is 2.14. The van der Waals surface area contributed by atoms with Crippen LogP contribution in [-0.2, 0) is 24.9 Å². The van der Waals surface area contributed by atoms with E-state index in [0.717, 1.165) is 23.8 Å². The lowest BCUT2D eigenvalue weighted by atomic mass is 10.2. The first-order valence-electron chi connectivity index (χ1n) is 9.09. The summed E-state index contributed by atoms with van der Waals surface area (Å²) >= 11 is 6.05. The highest BCUT2D eigenvalue weighted by molar-refractivity contribution is 6.30. The SMILES string of the molecule is CCNC(=NCC(O)COCc1ccccc1)N(C)Cc1cc(Cl)cn1C. The molecule has 1 heterocycles. The number of aliphatic imine (C=N–C) groups is 1. The highest BCUT2D eigenvalue weighted by Gasteiger charge is 2.11. The standard InChI is InChI=1S/C20H29ClN4O2/c1-4-22-20(25(3)13-18-10-17(21)12-24(18)2)23-11-19(26)15-27-14-16-8-6-5-7-9-16/h5-10,12,19,26H,4,11,13-15H2,1-3H3,(H,22,23). The van der Waals surface area contributed by atoms with Crippen molar-refractivity contribution in [1.29, 1.82) is 0 Å². The van der Waals surface area contributed by atoms with Crippen molar-refractivity contribution in [1.82, 2.24) is 14.8 Å². The van der Waals surface area contributed by atoms with Crippen molar-refractivity contribution >= 4 is 17.6 Å². The zero-order valence-electron chi connectivity index (χ0n) is 16.2. The van der Waals surface area contributed by atoms with Gasteiger partial charge in [0.25, 0.3) is 0 Å². The Morgan fingerprint density at radius 3 is 2.74 bits per heavy atom. The van der Waals surface area contributed by atoms with Crippen molar-refractivity contribution in [3.8, 4) is 0 Å². The minimum Gasteiger partial charge on any atom is -0.389 e. The molecule has 0 saturated heterocycles. The third-order valence-corrected chi connectivity index (χ3v) is 4.25. The maximum absolute atomic E-state index is 10.2. The molecule has 7 heteroatoms. The fourth-order valence-corrected chi connectivity index (χ4v) is 2.91. The lowest BCUT2D eigenvalue weighted by molar-refractivity contribution is 0.0330. The van der Waals surface area contributed by atoms with E-state index in [1.54, 1.807) is 0 Å². The van der Waals surface area contributed by atoms with Crippen LogP contribution in [0.4, 0.5) is 0 Å². The third kappa shape index (κ3) is 7.25. The summed E-state index contributed by atoms with van der Waals surface area (Å²) in [6.07, 6.45) is 1.23. The number of nitrogens with zero attached hydrogens (tertiary/aromatic N) is 3. The second-order valence-electron chi connectivity index (χ2n) is 6.47. The van der Waals surface area contributed by atoms with Crippen LogP contribution in [0.5, 0.6) is 0 Å². The van der Waals surface area contributed by atoms with E-state index in [-0.39, 0.29) is 13.2 Å². The minimum atomic E-state index is -0.653. The lowest BCUT2D eigenvalue weighted by Gasteiger charge is -2.22. The molecule has 0 saturated carbocycles. The van der Waals surface area contributed by atoms with Crippen molar-refractivity contribution < 1.29 is 9.84 Å². The van der Waals surface area contributed by atoms with Gasteiger partial charge in [0, 0.05) is 32.5 Å². The summed E-state index contributed by atoms with van der Waals surface area (Å²) in [5.74, 6) is 0.733. The van der Waals surface area contributed by atoms with Crippen LogP contribution in [-0.4, -0.2) is 53.4 Å². The van der Waals surface area contributed by atoms with Crippen LogP contribution in [0.3, 0.4) is 0 Å². The zero-order chi connectivity index (χ0) is 19.6. The molecule has 1 unspecified atom stereocenters. The molecule has 2 N–H and O–H groups in total.